The van der Waals surface area contributed by atoms with Crippen molar-refractivity contribution in [2.75, 3.05) is 13.2 Å². The summed E-state index contributed by atoms with van der Waals surface area (Å²) < 4.78 is 0. The van der Waals surface area contributed by atoms with E-state index in [1.54, 1.807) is 23.8 Å². The minimum Gasteiger partial charge on any atom is -0.394 e. The number of hydrogen-bond donors (Lipinski definition) is 3. The molecule has 1 heterocycles. The summed E-state index contributed by atoms with van der Waals surface area (Å²) in [7, 11) is 0. The summed E-state index contributed by atoms with van der Waals surface area (Å²) in [6.45, 7) is 1.27. The molecule has 15 heavy (non-hydrogen) atoms. The van der Waals surface area contributed by atoms with Crippen LogP contribution in [0.15, 0.2) is 16.8 Å². The van der Waals surface area contributed by atoms with Gasteiger partial charge in [-0.2, -0.15) is 11.3 Å². The lowest BCUT2D eigenvalue weighted by molar-refractivity contribution is 0.0653. The number of carbonyl (C=O) groups excluding carboxylic acids is 1. The predicted molar refractivity (Wildman–Crippen MR) is 59.0 cm³/mol. The van der Waals surface area contributed by atoms with E-state index < -0.39 is 5.54 Å². The van der Waals surface area contributed by atoms with E-state index in [1.165, 1.54) is 11.3 Å². The van der Waals surface area contributed by atoms with Crippen LogP contribution in [0.3, 0.4) is 0 Å². The van der Waals surface area contributed by atoms with Gasteiger partial charge >= 0.3 is 0 Å². The van der Waals surface area contributed by atoms with Crippen LogP contribution in [-0.4, -0.2) is 34.9 Å². The Hall–Kier alpha value is -0.910. The van der Waals surface area contributed by atoms with Gasteiger partial charge in [0.15, 0.2) is 0 Å². The number of rotatable bonds is 5. The highest BCUT2D eigenvalue weighted by atomic mass is 32.1. The van der Waals surface area contributed by atoms with Crippen LogP contribution in [0.2, 0.25) is 0 Å². The van der Waals surface area contributed by atoms with Gasteiger partial charge in [-0.15, -0.1) is 0 Å². The molecule has 0 spiro atoms. The number of carbonyl (C=O) groups is 1. The Balaban J connectivity index is 2.71. The molecule has 84 valence electrons. The fourth-order valence-electron chi connectivity index (χ4n) is 1.15. The number of hydrogen-bond acceptors (Lipinski definition) is 4. The first kappa shape index (κ1) is 12.2. The van der Waals surface area contributed by atoms with Gasteiger partial charge in [0.2, 0.25) is 0 Å². The van der Waals surface area contributed by atoms with Gasteiger partial charge in [-0.05, 0) is 17.9 Å². The van der Waals surface area contributed by atoms with Crippen molar-refractivity contribution in [1.29, 1.82) is 0 Å². The molecule has 0 aromatic carbocycles. The Labute approximate surface area is 92.6 Å². The Morgan fingerprint density at radius 3 is 2.60 bits per heavy atom. The molecule has 1 aromatic rings. The second-order valence-electron chi connectivity index (χ2n) is 3.42. The zero-order chi connectivity index (χ0) is 11.3. The summed E-state index contributed by atoms with van der Waals surface area (Å²) in [5.41, 5.74) is -0.362. The molecule has 5 heteroatoms. The minimum atomic E-state index is -0.918. The van der Waals surface area contributed by atoms with Crippen LogP contribution in [0.1, 0.15) is 23.7 Å². The van der Waals surface area contributed by atoms with Gasteiger partial charge < -0.3 is 15.5 Å². The molecule has 3 N–H and O–H groups in total. The maximum Gasteiger partial charge on any atom is 0.252 e. The summed E-state index contributed by atoms with van der Waals surface area (Å²) in [6, 6.07) is 1.70. The summed E-state index contributed by atoms with van der Waals surface area (Å²) in [5, 5.41) is 24.5. The van der Waals surface area contributed by atoms with E-state index in [-0.39, 0.29) is 19.1 Å². The third kappa shape index (κ3) is 2.77. The van der Waals surface area contributed by atoms with E-state index in [4.69, 9.17) is 10.2 Å². The fraction of sp³-hybridized carbons (Fsp3) is 0.500. The first-order chi connectivity index (χ1) is 7.17. The van der Waals surface area contributed by atoms with Crippen molar-refractivity contribution in [2.24, 2.45) is 0 Å². The quantitative estimate of drug-likeness (QED) is 0.693. The fourth-order valence-corrected chi connectivity index (χ4v) is 1.78. The number of thiophene rings is 1. The molecule has 0 aliphatic rings. The second kappa shape index (κ2) is 5.25. The number of nitrogens with one attached hydrogen (secondary N) is 1. The minimum absolute atomic E-state index is 0.263. The normalized spacial score (nSPS) is 11.4. The second-order valence-corrected chi connectivity index (χ2v) is 4.20. The molecule has 0 radical (unpaired) electrons. The van der Waals surface area contributed by atoms with Gasteiger partial charge in [0.05, 0.1) is 24.3 Å². The van der Waals surface area contributed by atoms with Crippen molar-refractivity contribution in [2.45, 2.75) is 18.9 Å². The van der Waals surface area contributed by atoms with E-state index >= 15 is 0 Å². The van der Waals surface area contributed by atoms with Crippen molar-refractivity contribution in [3.63, 3.8) is 0 Å². The summed E-state index contributed by atoms with van der Waals surface area (Å²) in [5.74, 6) is -0.263. The predicted octanol–water partition coefficient (Wildman–Crippen LogP) is 0.611. The summed E-state index contributed by atoms with van der Waals surface area (Å²) in [6.07, 6.45) is 0.482. The Morgan fingerprint density at radius 2 is 2.20 bits per heavy atom. The van der Waals surface area contributed by atoms with Gasteiger partial charge in [0.25, 0.3) is 5.91 Å². The van der Waals surface area contributed by atoms with Crippen LogP contribution >= 0.6 is 11.3 Å². The third-order valence-corrected chi connectivity index (χ3v) is 3.13. The maximum atomic E-state index is 11.7. The molecule has 0 saturated carbocycles. The maximum absolute atomic E-state index is 11.7. The topological polar surface area (TPSA) is 69.6 Å². The molecule has 1 amide bonds. The first-order valence-corrected chi connectivity index (χ1v) is 5.68. The highest BCUT2D eigenvalue weighted by Gasteiger charge is 2.28. The molecular formula is C10H15NO3S. The van der Waals surface area contributed by atoms with Gasteiger partial charge in [0, 0.05) is 5.38 Å². The molecular weight excluding hydrogens is 214 g/mol. The number of amides is 1. The monoisotopic (exact) mass is 229 g/mol. The average molecular weight is 229 g/mol. The largest absolute Gasteiger partial charge is 0.394 e. The lowest BCUT2D eigenvalue weighted by Crippen LogP contribution is -2.53. The molecule has 0 unspecified atom stereocenters. The van der Waals surface area contributed by atoms with Crippen LogP contribution in [0, 0.1) is 0 Å². The summed E-state index contributed by atoms with van der Waals surface area (Å²) >= 11 is 1.43. The highest BCUT2D eigenvalue weighted by molar-refractivity contribution is 7.08. The van der Waals surface area contributed by atoms with Crippen molar-refractivity contribution >= 4 is 17.2 Å². The van der Waals surface area contributed by atoms with Gasteiger partial charge in [-0.1, -0.05) is 6.92 Å². The van der Waals surface area contributed by atoms with E-state index in [2.05, 4.69) is 5.32 Å². The Kier molecular flexibility index (Phi) is 4.26. The molecule has 1 rings (SSSR count). The molecule has 4 nitrogen and oxygen atoms in total. The van der Waals surface area contributed by atoms with Crippen molar-refractivity contribution in [3.8, 4) is 0 Å². The molecule has 0 atom stereocenters. The zero-order valence-electron chi connectivity index (χ0n) is 8.56. The standard InChI is InChI=1S/C10H15NO3S/c1-2-10(6-12,7-13)11-9(14)8-3-4-15-5-8/h3-5,12-13H,2,6-7H2,1H3,(H,11,14). The molecule has 0 bridgehead atoms. The molecule has 0 fully saturated rings. The molecule has 1 aromatic heterocycles. The molecule has 0 aliphatic carbocycles. The van der Waals surface area contributed by atoms with Gasteiger partial charge in [-0.25, -0.2) is 0 Å². The van der Waals surface area contributed by atoms with Crippen molar-refractivity contribution in [3.05, 3.63) is 22.4 Å². The third-order valence-electron chi connectivity index (χ3n) is 2.44. The van der Waals surface area contributed by atoms with E-state index in [1.807, 2.05) is 0 Å². The molecule has 0 saturated heterocycles. The van der Waals surface area contributed by atoms with Gasteiger partial charge in [0.1, 0.15) is 0 Å². The van der Waals surface area contributed by atoms with Crippen LogP contribution in [-0.2, 0) is 0 Å². The molecule has 0 aliphatic heterocycles. The zero-order valence-corrected chi connectivity index (χ0v) is 9.38. The highest BCUT2D eigenvalue weighted by Crippen LogP contribution is 2.12. The van der Waals surface area contributed by atoms with E-state index in [0.29, 0.717) is 12.0 Å². The van der Waals surface area contributed by atoms with Crippen LogP contribution in [0.5, 0.6) is 0 Å². The van der Waals surface area contributed by atoms with Crippen molar-refractivity contribution < 1.29 is 15.0 Å². The smallest absolute Gasteiger partial charge is 0.252 e. The first-order valence-electron chi connectivity index (χ1n) is 4.74. The van der Waals surface area contributed by atoms with Crippen LogP contribution in [0.25, 0.3) is 0 Å². The van der Waals surface area contributed by atoms with Crippen LogP contribution < -0.4 is 5.32 Å². The Bertz CT molecular complexity index is 298. The average Bonchev–Trinajstić information content (AvgIpc) is 2.79. The lowest BCUT2D eigenvalue weighted by atomic mass is 9.98. The van der Waals surface area contributed by atoms with Crippen LogP contribution in [0.4, 0.5) is 0 Å². The van der Waals surface area contributed by atoms with Crippen molar-refractivity contribution in [1.82, 2.24) is 5.32 Å². The lowest BCUT2D eigenvalue weighted by Gasteiger charge is -2.29. The van der Waals surface area contributed by atoms with E-state index in [9.17, 15) is 4.79 Å². The summed E-state index contributed by atoms with van der Waals surface area (Å²) in [4.78, 5) is 11.7. The Morgan fingerprint density at radius 1 is 1.53 bits per heavy atom. The number of aliphatic hydroxyl groups is 2. The van der Waals surface area contributed by atoms with Gasteiger partial charge in [-0.3, -0.25) is 4.79 Å². The van der Waals surface area contributed by atoms with E-state index in [0.717, 1.165) is 0 Å². The number of aliphatic hydroxyl groups excluding tert-OH is 2. The SMILES string of the molecule is CCC(CO)(CO)NC(=O)c1ccsc1.